The van der Waals surface area contributed by atoms with Gasteiger partial charge in [-0.05, 0) is 5.92 Å². The predicted molar refractivity (Wildman–Crippen MR) is 44.3 cm³/mol. The molecule has 0 aromatic carbocycles. The van der Waals surface area contributed by atoms with Crippen molar-refractivity contribution in [3.05, 3.63) is 0 Å². The molecule has 0 rings (SSSR count). The number of aliphatic carboxylic acids is 1. The van der Waals surface area contributed by atoms with Crippen molar-refractivity contribution in [1.82, 2.24) is 0 Å². The molecule has 2 atom stereocenters. The Balaban J connectivity index is 0. The first kappa shape index (κ1) is 12.5. The Morgan fingerprint density at radius 1 is 1.50 bits per heavy atom. The van der Waals surface area contributed by atoms with E-state index in [0.29, 0.717) is 0 Å². The molecule has 0 bridgehead atoms. The Labute approximate surface area is 63.2 Å². The van der Waals surface area contributed by atoms with E-state index in [1.54, 1.807) is 13.8 Å². The Hall–Kier alpha value is -0.180. The molecule has 0 fully saturated rings. The minimum Gasteiger partial charge on any atom is -0.480 e. The molecule has 0 heterocycles. The van der Waals surface area contributed by atoms with Crippen LogP contribution in [0.15, 0.2) is 0 Å². The van der Waals surface area contributed by atoms with E-state index in [-0.39, 0.29) is 5.92 Å². The van der Waals surface area contributed by atoms with Crippen LogP contribution in [-0.2, 0) is 4.79 Å². The van der Waals surface area contributed by atoms with Crippen molar-refractivity contribution in [2.24, 2.45) is 17.2 Å². The molecule has 0 saturated carbocycles. The summed E-state index contributed by atoms with van der Waals surface area (Å²) in [5.41, 5.74) is 9.58. The second-order valence-corrected chi connectivity index (χ2v) is 2.11. The van der Waals surface area contributed by atoms with Crippen molar-refractivity contribution < 1.29 is 9.90 Å². The van der Waals surface area contributed by atoms with Gasteiger partial charge >= 0.3 is 5.97 Å². The second kappa shape index (κ2) is 6.93. The quantitative estimate of drug-likeness (QED) is 0.495. The van der Waals surface area contributed by atoms with Crippen molar-refractivity contribution in [2.45, 2.75) is 19.9 Å². The fourth-order valence-electron chi connectivity index (χ4n) is 0.285. The highest BCUT2D eigenvalue weighted by Gasteiger charge is 2.14. The van der Waals surface area contributed by atoms with Gasteiger partial charge in [0.05, 0.1) is 0 Å². The van der Waals surface area contributed by atoms with Gasteiger partial charge in [0.25, 0.3) is 0 Å². The number of nitrogens with two attached hydrogens (primary N) is 2. The molecule has 4 nitrogen and oxygen atoms in total. The van der Waals surface area contributed by atoms with Gasteiger partial charge in [-0.2, -0.15) is 0 Å². The highest BCUT2D eigenvalue weighted by Crippen LogP contribution is 1.96. The van der Waals surface area contributed by atoms with Crippen molar-refractivity contribution in [1.29, 1.82) is 0 Å². The zero-order chi connectivity index (χ0) is 8.73. The number of carbonyl (C=O) groups is 1. The van der Waals surface area contributed by atoms with E-state index in [0.717, 1.165) is 0 Å². The molecule has 0 aliphatic rings. The molecule has 62 valence electrons. The van der Waals surface area contributed by atoms with Crippen LogP contribution in [0, 0.1) is 5.92 Å². The fourth-order valence-corrected chi connectivity index (χ4v) is 0.285. The van der Waals surface area contributed by atoms with Gasteiger partial charge in [-0.3, -0.25) is 4.79 Å². The van der Waals surface area contributed by atoms with Gasteiger partial charge in [-0.15, -0.1) is 0 Å². The van der Waals surface area contributed by atoms with Crippen molar-refractivity contribution in [3.63, 3.8) is 0 Å². The number of hydrogen-bond donors (Lipinski definition) is 3. The maximum atomic E-state index is 10.0. The molecule has 10 heavy (non-hydrogen) atoms. The largest absolute Gasteiger partial charge is 0.480 e. The molecular formula is C5H15N2O2P. The summed E-state index contributed by atoms with van der Waals surface area (Å²) in [7, 11) is 1.92. The Kier molecular flexibility index (Phi) is 8.66. The summed E-state index contributed by atoms with van der Waals surface area (Å²) >= 11 is 0. The zero-order valence-corrected chi connectivity index (χ0v) is 7.40. The molecule has 5 N–H and O–H groups in total. The summed E-state index contributed by atoms with van der Waals surface area (Å²) in [4.78, 5) is 10.0. The lowest BCUT2D eigenvalue weighted by atomic mass is 10.1. The molecular weight excluding hydrogens is 151 g/mol. The lowest BCUT2D eigenvalue weighted by Gasteiger charge is -2.07. The molecule has 0 aromatic heterocycles. The molecule has 0 amide bonds. The Morgan fingerprint density at radius 3 is 1.80 bits per heavy atom. The van der Waals surface area contributed by atoms with E-state index in [2.05, 4.69) is 5.50 Å². The maximum Gasteiger partial charge on any atom is 0.320 e. The summed E-state index contributed by atoms with van der Waals surface area (Å²) in [5.74, 6) is -0.910. The van der Waals surface area contributed by atoms with Crippen LogP contribution in [0.2, 0.25) is 0 Å². The van der Waals surface area contributed by atoms with Gasteiger partial charge in [0.1, 0.15) is 6.04 Å². The topological polar surface area (TPSA) is 89.3 Å². The number of carboxylic acid groups (broad SMARTS) is 1. The first-order valence-electron chi connectivity index (χ1n) is 2.87. The average molecular weight is 166 g/mol. The molecule has 0 spiro atoms. The van der Waals surface area contributed by atoms with Crippen LogP contribution in [-0.4, -0.2) is 17.1 Å². The van der Waals surface area contributed by atoms with Gasteiger partial charge in [0, 0.05) is 0 Å². The number of rotatable bonds is 2. The summed E-state index contributed by atoms with van der Waals surface area (Å²) in [5, 5.41) is 8.23. The van der Waals surface area contributed by atoms with E-state index >= 15 is 0 Å². The minimum atomic E-state index is -0.931. The van der Waals surface area contributed by atoms with E-state index in [1.165, 1.54) is 0 Å². The number of carboxylic acids is 1. The summed E-state index contributed by atoms with van der Waals surface area (Å²) in [6, 6.07) is -0.713. The average Bonchev–Trinajstić information content (AvgIpc) is 1.90. The maximum absolute atomic E-state index is 10.0. The smallest absolute Gasteiger partial charge is 0.320 e. The van der Waals surface area contributed by atoms with Gasteiger partial charge in [-0.1, -0.05) is 23.2 Å². The highest BCUT2D eigenvalue weighted by atomic mass is 31.0. The van der Waals surface area contributed by atoms with Crippen LogP contribution in [0.1, 0.15) is 13.8 Å². The Bertz CT molecular complexity index is 97.6. The van der Waals surface area contributed by atoms with Crippen molar-refractivity contribution >= 4 is 15.4 Å². The third kappa shape index (κ3) is 5.95. The van der Waals surface area contributed by atoms with Crippen LogP contribution in [0.5, 0.6) is 0 Å². The molecule has 0 aliphatic carbocycles. The van der Waals surface area contributed by atoms with Gasteiger partial charge in [-0.25, -0.2) is 0 Å². The first-order chi connectivity index (χ1) is 4.55. The molecule has 5 heteroatoms. The van der Waals surface area contributed by atoms with Gasteiger partial charge in [0.2, 0.25) is 0 Å². The molecule has 1 unspecified atom stereocenters. The zero-order valence-electron chi connectivity index (χ0n) is 6.24. The molecule has 0 saturated heterocycles. The SMILES string of the molecule is CC(C)[C@H](N)C(=O)O.NP. The van der Waals surface area contributed by atoms with E-state index in [9.17, 15) is 4.79 Å². The van der Waals surface area contributed by atoms with Crippen LogP contribution in [0.3, 0.4) is 0 Å². The molecule has 0 radical (unpaired) electrons. The summed E-state index contributed by atoms with van der Waals surface area (Å²) in [6.07, 6.45) is 0. The summed E-state index contributed by atoms with van der Waals surface area (Å²) < 4.78 is 0. The lowest BCUT2D eigenvalue weighted by molar-refractivity contribution is -0.139. The van der Waals surface area contributed by atoms with Crippen LogP contribution >= 0.6 is 9.39 Å². The normalized spacial score (nSPS) is 11.8. The predicted octanol–water partition coefficient (Wildman–Crippen LogP) is -0.210. The van der Waals surface area contributed by atoms with Crippen LogP contribution in [0.25, 0.3) is 0 Å². The van der Waals surface area contributed by atoms with E-state index < -0.39 is 12.0 Å². The molecule has 0 aliphatic heterocycles. The standard InChI is InChI=1S/C5H11NO2.H4NP/c1-3(2)4(6)5(7)8;1-2/h3-4H,6H2,1-2H3,(H,7,8);1-2H2/t4-;/m0./s1. The van der Waals surface area contributed by atoms with Gasteiger partial charge < -0.3 is 16.3 Å². The van der Waals surface area contributed by atoms with E-state index in [1.807, 2.05) is 9.39 Å². The highest BCUT2D eigenvalue weighted by molar-refractivity contribution is 7.13. The monoisotopic (exact) mass is 166 g/mol. The molecule has 0 aromatic rings. The fraction of sp³-hybridized carbons (Fsp3) is 0.800. The third-order valence-electron chi connectivity index (χ3n) is 1.00. The third-order valence-corrected chi connectivity index (χ3v) is 1.00. The first-order valence-corrected chi connectivity index (χ1v) is 3.54. The lowest BCUT2D eigenvalue weighted by Crippen LogP contribution is -2.34. The van der Waals surface area contributed by atoms with Crippen molar-refractivity contribution in [3.8, 4) is 0 Å². The van der Waals surface area contributed by atoms with Crippen LogP contribution in [0.4, 0.5) is 0 Å². The van der Waals surface area contributed by atoms with Crippen molar-refractivity contribution in [2.75, 3.05) is 0 Å². The van der Waals surface area contributed by atoms with Gasteiger partial charge in [0.15, 0.2) is 0 Å². The minimum absolute atomic E-state index is 0.0208. The number of hydrogen-bond acceptors (Lipinski definition) is 3. The Morgan fingerprint density at radius 2 is 1.80 bits per heavy atom. The second-order valence-electron chi connectivity index (χ2n) is 2.11. The van der Waals surface area contributed by atoms with Crippen LogP contribution < -0.4 is 11.2 Å². The summed E-state index contributed by atoms with van der Waals surface area (Å²) in [6.45, 7) is 3.55. The van der Waals surface area contributed by atoms with E-state index in [4.69, 9.17) is 10.8 Å².